The monoisotopic (exact) mass is 235 g/mol. The molecule has 2 fully saturated rings. The molecule has 17 heavy (non-hydrogen) atoms. The molecule has 1 saturated heterocycles. The molecule has 1 saturated carbocycles. The summed E-state index contributed by atoms with van der Waals surface area (Å²) >= 11 is 0. The summed E-state index contributed by atoms with van der Waals surface area (Å²) in [4.78, 5) is 16.5. The number of carbonyl (C=O) groups excluding carboxylic acids is 1. The molecule has 94 valence electrons. The lowest BCUT2D eigenvalue weighted by Crippen LogP contribution is -2.50. The Labute approximate surface area is 103 Å². The van der Waals surface area contributed by atoms with Gasteiger partial charge < -0.3 is 4.90 Å². The normalized spacial score (nSPS) is 22.6. The molecule has 0 radical (unpaired) electrons. The summed E-state index contributed by atoms with van der Waals surface area (Å²) in [6.07, 6.45) is 5.22. The van der Waals surface area contributed by atoms with Gasteiger partial charge >= 0.3 is 0 Å². The minimum atomic E-state index is 0.306. The SMILES string of the molecule is N#CCCN1CCN(C(=O)C2CCCC2)CC1. The van der Waals surface area contributed by atoms with Crippen LogP contribution in [0.3, 0.4) is 0 Å². The predicted molar refractivity (Wildman–Crippen MR) is 65.2 cm³/mol. The fraction of sp³-hybridized carbons (Fsp3) is 0.846. The van der Waals surface area contributed by atoms with Crippen LogP contribution in [0.4, 0.5) is 0 Å². The molecule has 0 N–H and O–H groups in total. The van der Waals surface area contributed by atoms with Crippen molar-refractivity contribution in [1.82, 2.24) is 9.80 Å². The van der Waals surface area contributed by atoms with Crippen molar-refractivity contribution in [3.8, 4) is 6.07 Å². The molecule has 0 bridgehead atoms. The van der Waals surface area contributed by atoms with Gasteiger partial charge in [0, 0.05) is 45.1 Å². The number of nitrogens with zero attached hydrogens (tertiary/aromatic N) is 3. The van der Waals surface area contributed by atoms with Crippen molar-refractivity contribution in [2.24, 2.45) is 5.92 Å². The quantitative estimate of drug-likeness (QED) is 0.739. The first-order chi connectivity index (χ1) is 8.31. The zero-order valence-corrected chi connectivity index (χ0v) is 10.4. The number of nitriles is 1. The van der Waals surface area contributed by atoms with Crippen LogP contribution >= 0.6 is 0 Å². The highest BCUT2D eigenvalue weighted by Crippen LogP contribution is 2.26. The first-order valence-corrected chi connectivity index (χ1v) is 6.69. The van der Waals surface area contributed by atoms with Crippen molar-refractivity contribution < 1.29 is 4.79 Å². The number of hydrogen-bond donors (Lipinski definition) is 0. The van der Waals surface area contributed by atoms with Crippen molar-refractivity contribution in [3.63, 3.8) is 0 Å². The molecular formula is C13H21N3O. The van der Waals surface area contributed by atoms with Gasteiger partial charge in [0.25, 0.3) is 0 Å². The molecule has 4 nitrogen and oxygen atoms in total. The lowest BCUT2D eigenvalue weighted by Gasteiger charge is -2.35. The molecular weight excluding hydrogens is 214 g/mol. The van der Waals surface area contributed by atoms with Crippen LogP contribution in [0.1, 0.15) is 32.1 Å². The van der Waals surface area contributed by atoms with Gasteiger partial charge in [-0.2, -0.15) is 5.26 Å². The first kappa shape index (κ1) is 12.4. The molecule has 0 atom stereocenters. The van der Waals surface area contributed by atoms with Crippen LogP contribution in [0.15, 0.2) is 0 Å². The highest BCUT2D eigenvalue weighted by Gasteiger charge is 2.29. The van der Waals surface area contributed by atoms with Crippen molar-refractivity contribution in [2.45, 2.75) is 32.1 Å². The Hall–Kier alpha value is -1.08. The van der Waals surface area contributed by atoms with E-state index in [2.05, 4.69) is 11.0 Å². The highest BCUT2D eigenvalue weighted by molar-refractivity contribution is 5.79. The van der Waals surface area contributed by atoms with Crippen LogP contribution in [-0.2, 0) is 4.79 Å². The molecule has 0 aromatic rings. The van der Waals surface area contributed by atoms with Gasteiger partial charge in [-0.3, -0.25) is 9.69 Å². The number of rotatable bonds is 3. The summed E-state index contributed by atoms with van der Waals surface area (Å²) in [6, 6.07) is 2.17. The molecule has 1 aliphatic heterocycles. The van der Waals surface area contributed by atoms with E-state index in [-0.39, 0.29) is 0 Å². The molecule has 2 aliphatic rings. The third-order valence-corrected chi connectivity index (χ3v) is 3.93. The highest BCUT2D eigenvalue weighted by atomic mass is 16.2. The van der Waals surface area contributed by atoms with Crippen LogP contribution < -0.4 is 0 Å². The van der Waals surface area contributed by atoms with Crippen LogP contribution in [0.5, 0.6) is 0 Å². The van der Waals surface area contributed by atoms with Gasteiger partial charge in [-0.15, -0.1) is 0 Å². The second-order valence-corrected chi connectivity index (χ2v) is 5.06. The van der Waals surface area contributed by atoms with Crippen molar-refractivity contribution in [2.75, 3.05) is 32.7 Å². The maximum Gasteiger partial charge on any atom is 0.225 e. The molecule has 0 spiro atoms. The van der Waals surface area contributed by atoms with E-state index in [1.165, 1.54) is 12.8 Å². The van der Waals surface area contributed by atoms with Gasteiger partial charge in [-0.05, 0) is 12.8 Å². The summed E-state index contributed by atoms with van der Waals surface area (Å²) in [6.45, 7) is 4.41. The topological polar surface area (TPSA) is 47.3 Å². The zero-order chi connectivity index (χ0) is 12.1. The van der Waals surface area contributed by atoms with Gasteiger partial charge in [-0.1, -0.05) is 12.8 Å². The van der Waals surface area contributed by atoms with Crippen LogP contribution in [0.25, 0.3) is 0 Å². The summed E-state index contributed by atoms with van der Waals surface area (Å²) in [5, 5.41) is 8.54. The Morgan fingerprint density at radius 3 is 2.41 bits per heavy atom. The maximum absolute atomic E-state index is 12.2. The van der Waals surface area contributed by atoms with E-state index < -0.39 is 0 Å². The molecule has 1 heterocycles. The Kier molecular flexibility index (Phi) is 4.38. The van der Waals surface area contributed by atoms with Gasteiger partial charge in [0.15, 0.2) is 0 Å². The second kappa shape index (κ2) is 6.02. The summed E-state index contributed by atoms with van der Waals surface area (Å²) in [5.41, 5.74) is 0. The van der Waals surface area contributed by atoms with E-state index >= 15 is 0 Å². The summed E-state index contributed by atoms with van der Waals surface area (Å²) in [7, 11) is 0. The number of hydrogen-bond acceptors (Lipinski definition) is 3. The van der Waals surface area contributed by atoms with Gasteiger partial charge in [0.05, 0.1) is 6.07 Å². The molecule has 0 aromatic heterocycles. The lowest BCUT2D eigenvalue weighted by atomic mass is 10.1. The second-order valence-electron chi connectivity index (χ2n) is 5.06. The zero-order valence-electron chi connectivity index (χ0n) is 10.4. The first-order valence-electron chi connectivity index (χ1n) is 6.69. The van der Waals surface area contributed by atoms with Gasteiger partial charge in [-0.25, -0.2) is 0 Å². The Bertz CT molecular complexity index is 296. The van der Waals surface area contributed by atoms with Crippen molar-refractivity contribution in [1.29, 1.82) is 5.26 Å². The largest absolute Gasteiger partial charge is 0.340 e. The standard InChI is InChI=1S/C13H21N3O/c14-6-3-7-15-8-10-16(11-9-15)13(17)12-4-1-2-5-12/h12H,1-5,7-11H2. The Morgan fingerprint density at radius 1 is 1.18 bits per heavy atom. The predicted octanol–water partition coefficient (Wildman–Crippen LogP) is 1.23. The Balaban J connectivity index is 1.74. The Morgan fingerprint density at radius 2 is 1.82 bits per heavy atom. The van der Waals surface area contributed by atoms with E-state index in [0.29, 0.717) is 18.2 Å². The minimum Gasteiger partial charge on any atom is -0.340 e. The van der Waals surface area contributed by atoms with Crippen molar-refractivity contribution in [3.05, 3.63) is 0 Å². The van der Waals surface area contributed by atoms with Gasteiger partial charge in [0.2, 0.25) is 5.91 Å². The molecule has 2 rings (SSSR count). The average molecular weight is 235 g/mol. The van der Waals surface area contributed by atoms with E-state index in [1.807, 2.05) is 4.90 Å². The van der Waals surface area contributed by atoms with E-state index in [9.17, 15) is 4.79 Å². The fourth-order valence-corrected chi connectivity index (χ4v) is 2.83. The van der Waals surface area contributed by atoms with E-state index in [1.54, 1.807) is 0 Å². The molecule has 1 aliphatic carbocycles. The summed E-state index contributed by atoms with van der Waals surface area (Å²) < 4.78 is 0. The van der Waals surface area contributed by atoms with Crippen LogP contribution in [0, 0.1) is 17.2 Å². The molecule has 1 amide bonds. The smallest absolute Gasteiger partial charge is 0.225 e. The lowest BCUT2D eigenvalue weighted by molar-refractivity contribution is -0.137. The van der Waals surface area contributed by atoms with E-state index in [0.717, 1.165) is 45.6 Å². The average Bonchev–Trinajstić information content (AvgIpc) is 2.90. The third-order valence-electron chi connectivity index (χ3n) is 3.93. The van der Waals surface area contributed by atoms with E-state index in [4.69, 9.17) is 5.26 Å². The van der Waals surface area contributed by atoms with Gasteiger partial charge in [0.1, 0.15) is 0 Å². The summed E-state index contributed by atoms with van der Waals surface area (Å²) in [5.74, 6) is 0.683. The van der Waals surface area contributed by atoms with Crippen LogP contribution in [0.2, 0.25) is 0 Å². The minimum absolute atomic E-state index is 0.306. The third kappa shape index (κ3) is 3.19. The molecule has 0 unspecified atom stereocenters. The molecule has 0 aromatic carbocycles. The maximum atomic E-state index is 12.2. The molecule has 4 heteroatoms. The number of amides is 1. The van der Waals surface area contributed by atoms with Crippen LogP contribution in [-0.4, -0.2) is 48.4 Å². The fourth-order valence-electron chi connectivity index (χ4n) is 2.83. The number of piperazine rings is 1. The number of carbonyl (C=O) groups is 1. The van der Waals surface area contributed by atoms with Crippen molar-refractivity contribution >= 4 is 5.91 Å².